The van der Waals surface area contributed by atoms with E-state index in [0.717, 1.165) is 16.8 Å². The van der Waals surface area contributed by atoms with E-state index in [4.69, 9.17) is 9.84 Å². The van der Waals surface area contributed by atoms with Crippen LogP contribution >= 0.6 is 11.8 Å². The number of ether oxygens (including phenoxy) is 1. The highest BCUT2D eigenvalue weighted by Crippen LogP contribution is 2.38. The second-order valence-corrected chi connectivity index (χ2v) is 10.4. The molecule has 2 unspecified atom stereocenters. The quantitative estimate of drug-likeness (QED) is 0.406. The molecule has 2 aliphatic rings. The van der Waals surface area contributed by atoms with Crippen LogP contribution in [0.4, 0.5) is 5.69 Å². The average molecular weight is 541 g/mol. The second-order valence-electron chi connectivity index (χ2n) is 9.28. The van der Waals surface area contributed by atoms with E-state index in [0.29, 0.717) is 22.8 Å². The molecule has 2 aliphatic heterocycles. The maximum Gasteiger partial charge on any atom is 0.338 e. The number of benzene rings is 3. The van der Waals surface area contributed by atoms with Crippen LogP contribution in [-0.2, 0) is 14.3 Å². The zero-order valence-electron chi connectivity index (χ0n) is 21.7. The summed E-state index contributed by atoms with van der Waals surface area (Å²) < 4.78 is 4.98. The number of aliphatic imine (C=N–C) groups is 1. The van der Waals surface area contributed by atoms with Gasteiger partial charge in [0.2, 0.25) is 5.91 Å². The minimum Gasteiger partial charge on any atom is -0.462 e. The molecule has 0 spiro atoms. The van der Waals surface area contributed by atoms with Gasteiger partial charge in [0.25, 0.3) is 5.91 Å². The van der Waals surface area contributed by atoms with Crippen molar-refractivity contribution in [1.82, 2.24) is 5.01 Å². The molecular formula is C30H28N4O4S. The highest BCUT2D eigenvalue weighted by Gasteiger charge is 2.39. The monoisotopic (exact) mass is 540 g/mol. The van der Waals surface area contributed by atoms with Gasteiger partial charge in [-0.05, 0) is 49.2 Å². The van der Waals surface area contributed by atoms with Crippen LogP contribution in [0.5, 0.6) is 0 Å². The first-order valence-electron chi connectivity index (χ1n) is 12.8. The molecule has 0 saturated heterocycles. The predicted octanol–water partition coefficient (Wildman–Crippen LogP) is 5.35. The summed E-state index contributed by atoms with van der Waals surface area (Å²) in [6.07, 6.45) is 0.641. The average Bonchev–Trinajstić information content (AvgIpc) is 3.54. The molecule has 0 saturated carbocycles. The number of amides is 2. The minimum atomic E-state index is -0.645. The summed E-state index contributed by atoms with van der Waals surface area (Å²) in [5.74, 6) is -1.09. The first-order valence-corrected chi connectivity index (χ1v) is 13.6. The third-order valence-corrected chi connectivity index (χ3v) is 7.60. The molecule has 2 heterocycles. The van der Waals surface area contributed by atoms with Crippen molar-refractivity contribution in [3.05, 3.63) is 101 Å². The van der Waals surface area contributed by atoms with Crippen molar-refractivity contribution in [3.8, 4) is 0 Å². The Morgan fingerprint density at radius 1 is 1.03 bits per heavy atom. The van der Waals surface area contributed by atoms with Crippen molar-refractivity contribution in [2.75, 3.05) is 11.9 Å². The van der Waals surface area contributed by atoms with Gasteiger partial charge in [-0.25, -0.2) is 9.80 Å². The highest BCUT2D eigenvalue weighted by molar-refractivity contribution is 8.15. The molecule has 1 N–H and O–H groups in total. The van der Waals surface area contributed by atoms with Crippen molar-refractivity contribution in [1.29, 1.82) is 0 Å². The smallest absolute Gasteiger partial charge is 0.338 e. The summed E-state index contributed by atoms with van der Waals surface area (Å²) in [6, 6.07) is 24.6. The number of hydrazone groups is 1. The fraction of sp³-hybridized carbons (Fsp3) is 0.233. The van der Waals surface area contributed by atoms with Crippen molar-refractivity contribution >= 4 is 46.1 Å². The van der Waals surface area contributed by atoms with E-state index >= 15 is 0 Å². The number of nitrogens with one attached hydrogen (secondary N) is 1. The molecule has 0 aliphatic carbocycles. The lowest BCUT2D eigenvalue weighted by molar-refractivity contribution is -0.121. The van der Waals surface area contributed by atoms with E-state index in [9.17, 15) is 14.4 Å². The fourth-order valence-corrected chi connectivity index (χ4v) is 5.49. The molecule has 0 aromatic heterocycles. The number of carbonyl (C=O) groups excluding carboxylic acids is 3. The van der Waals surface area contributed by atoms with Crippen molar-refractivity contribution in [2.24, 2.45) is 10.1 Å². The molecule has 0 radical (unpaired) electrons. The number of anilines is 1. The minimum absolute atomic E-state index is 0.0332. The summed E-state index contributed by atoms with van der Waals surface area (Å²) in [7, 11) is 0. The van der Waals surface area contributed by atoms with Gasteiger partial charge in [-0.1, -0.05) is 71.9 Å². The third kappa shape index (κ3) is 6.09. The zero-order chi connectivity index (χ0) is 27.4. The maximum atomic E-state index is 12.8. The number of carbonyl (C=O) groups is 3. The van der Waals surface area contributed by atoms with Crippen LogP contribution in [0.2, 0.25) is 0 Å². The molecule has 3 aromatic carbocycles. The summed E-state index contributed by atoms with van der Waals surface area (Å²) in [4.78, 5) is 41.7. The molecule has 8 nitrogen and oxygen atoms in total. The molecule has 39 heavy (non-hydrogen) atoms. The normalized spacial score (nSPS) is 18.5. The molecule has 0 bridgehead atoms. The van der Waals surface area contributed by atoms with Gasteiger partial charge >= 0.3 is 5.97 Å². The molecule has 5 rings (SSSR count). The van der Waals surface area contributed by atoms with E-state index < -0.39 is 11.2 Å². The van der Waals surface area contributed by atoms with E-state index in [-0.39, 0.29) is 30.9 Å². The largest absolute Gasteiger partial charge is 0.462 e. The van der Waals surface area contributed by atoms with E-state index in [1.165, 1.54) is 17.3 Å². The van der Waals surface area contributed by atoms with Crippen LogP contribution in [0.25, 0.3) is 0 Å². The van der Waals surface area contributed by atoms with Crippen LogP contribution in [0, 0.1) is 6.92 Å². The molecular weight excluding hydrogens is 512 g/mol. The van der Waals surface area contributed by atoms with Crippen LogP contribution < -0.4 is 5.32 Å². The van der Waals surface area contributed by atoms with Gasteiger partial charge in [-0.15, -0.1) is 0 Å². The Labute approximate surface area is 231 Å². The number of thioether (sulfide) groups is 1. The van der Waals surface area contributed by atoms with Gasteiger partial charge in [0.05, 0.1) is 23.9 Å². The summed E-state index contributed by atoms with van der Waals surface area (Å²) in [6.45, 7) is 4.07. The Morgan fingerprint density at radius 2 is 1.74 bits per heavy atom. The molecule has 198 valence electrons. The Morgan fingerprint density at radius 3 is 2.44 bits per heavy atom. The maximum absolute atomic E-state index is 12.8. The fourth-order valence-electron chi connectivity index (χ4n) is 4.43. The molecule has 9 heteroatoms. The molecule has 2 amide bonds. The molecule has 2 atom stereocenters. The number of aryl methyl sites for hydroxylation is 1. The van der Waals surface area contributed by atoms with E-state index in [2.05, 4.69) is 34.6 Å². The number of amidine groups is 1. The Balaban J connectivity index is 1.27. The van der Waals surface area contributed by atoms with Crippen LogP contribution in [-0.4, -0.2) is 45.5 Å². The van der Waals surface area contributed by atoms with Crippen molar-refractivity contribution in [2.45, 2.75) is 38.0 Å². The third-order valence-electron chi connectivity index (χ3n) is 6.46. The van der Waals surface area contributed by atoms with Gasteiger partial charge < -0.3 is 10.1 Å². The number of hydrogen-bond donors (Lipinski definition) is 1. The predicted molar refractivity (Wildman–Crippen MR) is 153 cm³/mol. The second kappa shape index (κ2) is 11.7. The first-order chi connectivity index (χ1) is 18.9. The van der Waals surface area contributed by atoms with Gasteiger partial charge in [-0.2, -0.15) is 10.1 Å². The van der Waals surface area contributed by atoms with E-state index in [1.807, 2.05) is 42.3 Å². The van der Waals surface area contributed by atoms with Gasteiger partial charge in [0.1, 0.15) is 5.25 Å². The number of nitrogens with zero attached hydrogens (tertiary/aromatic N) is 3. The summed E-state index contributed by atoms with van der Waals surface area (Å²) in [5.41, 5.74) is 5.13. The van der Waals surface area contributed by atoms with Crippen LogP contribution in [0.15, 0.2) is 89.0 Å². The lowest BCUT2D eigenvalue weighted by Gasteiger charge is -2.23. The van der Waals surface area contributed by atoms with E-state index in [1.54, 1.807) is 31.2 Å². The lowest BCUT2D eigenvalue weighted by atomic mass is 9.98. The first kappa shape index (κ1) is 26.4. The van der Waals surface area contributed by atoms with Gasteiger partial charge in [0.15, 0.2) is 5.17 Å². The number of esters is 1. The van der Waals surface area contributed by atoms with Gasteiger partial charge in [0, 0.05) is 18.5 Å². The number of rotatable bonds is 7. The molecule has 0 fully saturated rings. The van der Waals surface area contributed by atoms with Gasteiger partial charge in [-0.3, -0.25) is 9.59 Å². The summed E-state index contributed by atoms with van der Waals surface area (Å²) in [5, 5.41) is 9.34. The van der Waals surface area contributed by atoms with Crippen LogP contribution in [0.3, 0.4) is 0 Å². The zero-order valence-corrected chi connectivity index (χ0v) is 22.5. The highest BCUT2D eigenvalue weighted by atomic mass is 32.2. The Bertz CT molecular complexity index is 1440. The topological polar surface area (TPSA) is 100 Å². The SMILES string of the molecule is CCOC(=O)c1ccc(NC(=O)CC2SC(N3N=C(c4ccc(C)cc4)CC3c3ccccc3)=NC2=O)cc1. The number of hydrogen-bond acceptors (Lipinski definition) is 7. The van der Waals surface area contributed by atoms with Crippen molar-refractivity contribution < 1.29 is 19.1 Å². The standard InChI is InChI=1S/C30H28N4O4S/c1-3-38-29(37)22-13-15-23(16-14-22)31-27(35)18-26-28(36)32-30(39-26)34-25(21-7-5-4-6-8-21)17-24(33-34)20-11-9-19(2)10-12-20/h4-16,25-26H,3,17-18H2,1-2H3,(H,31,35). The van der Waals surface area contributed by atoms with Crippen LogP contribution in [0.1, 0.15) is 52.9 Å². The Kier molecular flexibility index (Phi) is 7.88. The summed E-state index contributed by atoms with van der Waals surface area (Å²) >= 11 is 1.26. The Hall–Kier alpha value is -4.24. The molecule has 3 aromatic rings. The van der Waals surface area contributed by atoms with Crippen molar-refractivity contribution in [3.63, 3.8) is 0 Å². The lowest BCUT2D eigenvalue weighted by Crippen LogP contribution is -2.25.